The predicted molar refractivity (Wildman–Crippen MR) is 61.0 cm³/mol. The van der Waals surface area contributed by atoms with Crippen LogP contribution >= 0.6 is 35.4 Å². The maximum Gasteiger partial charge on any atom is 0.127 e. The molecule has 1 aromatic carbocycles. The van der Waals surface area contributed by atoms with E-state index in [-0.39, 0.29) is 0 Å². The van der Waals surface area contributed by atoms with Crippen LogP contribution in [0.5, 0.6) is 0 Å². The number of halogens is 2. The fourth-order valence-corrected chi connectivity index (χ4v) is 1.88. The molecular weight excluding hydrogens is 239 g/mol. The molecule has 2 aromatic rings. The predicted octanol–water partition coefficient (Wildman–Crippen LogP) is 3.84. The first-order valence-corrected chi connectivity index (χ1v) is 5.07. The molecular formula is C9H6Cl2N2S. The van der Waals surface area contributed by atoms with E-state index in [4.69, 9.17) is 35.4 Å². The highest BCUT2D eigenvalue weighted by molar-refractivity contribution is 7.71. The molecule has 5 heteroatoms. The summed E-state index contributed by atoms with van der Waals surface area (Å²) in [5.74, 6) is 0. The second-order valence-corrected chi connectivity index (χ2v) is 3.99. The van der Waals surface area contributed by atoms with Crippen molar-refractivity contribution in [2.45, 2.75) is 0 Å². The fraction of sp³-hybridized carbons (Fsp3) is 0. The molecule has 0 atom stereocenters. The van der Waals surface area contributed by atoms with Gasteiger partial charge in [0.05, 0.1) is 10.7 Å². The highest BCUT2D eigenvalue weighted by Gasteiger charge is 2.03. The van der Waals surface area contributed by atoms with Crippen LogP contribution in [0.1, 0.15) is 0 Å². The number of H-pyrrole nitrogens is 1. The number of nitrogens with one attached hydrogen (secondary N) is 1. The average molecular weight is 245 g/mol. The topological polar surface area (TPSA) is 20.7 Å². The van der Waals surface area contributed by atoms with Crippen LogP contribution in [0, 0.1) is 4.64 Å². The van der Waals surface area contributed by atoms with Gasteiger partial charge < -0.3 is 5.10 Å². The van der Waals surface area contributed by atoms with Crippen molar-refractivity contribution in [3.05, 3.63) is 45.1 Å². The van der Waals surface area contributed by atoms with E-state index in [1.54, 1.807) is 29.1 Å². The first kappa shape index (κ1) is 9.77. The summed E-state index contributed by atoms with van der Waals surface area (Å²) in [5.41, 5.74) is 0.797. The lowest BCUT2D eigenvalue weighted by Crippen LogP contribution is -1.96. The highest BCUT2D eigenvalue weighted by Crippen LogP contribution is 2.23. The molecule has 1 aromatic heterocycles. The number of hydrogen-bond acceptors (Lipinski definition) is 1. The number of rotatable bonds is 1. The second kappa shape index (κ2) is 3.77. The molecule has 0 radical (unpaired) electrons. The SMILES string of the molecule is S=c1cc[nH]n1-c1ccc(Cl)cc1Cl. The minimum absolute atomic E-state index is 0.566. The van der Waals surface area contributed by atoms with E-state index in [9.17, 15) is 0 Å². The normalized spacial score (nSPS) is 10.4. The highest BCUT2D eigenvalue weighted by atomic mass is 35.5. The average Bonchev–Trinajstić information content (AvgIpc) is 2.52. The molecule has 0 unspecified atom stereocenters. The maximum absolute atomic E-state index is 6.02. The molecule has 2 rings (SSSR count). The van der Waals surface area contributed by atoms with Crippen LogP contribution in [0.2, 0.25) is 10.0 Å². The monoisotopic (exact) mass is 244 g/mol. The third-order valence-electron chi connectivity index (χ3n) is 1.80. The summed E-state index contributed by atoms with van der Waals surface area (Å²) in [6, 6.07) is 7.06. The van der Waals surface area contributed by atoms with Gasteiger partial charge in [-0.3, -0.25) is 0 Å². The van der Waals surface area contributed by atoms with Crippen LogP contribution in [0.15, 0.2) is 30.5 Å². The molecule has 0 spiro atoms. The first-order valence-electron chi connectivity index (χ1n) is 3.90. The number of nitrogens with zero attached hydrogens (tertiary/aromatic N) is 1. The maximum atomic E-state index is 6.02. The van der Waals surface area contributed by atoms with Gasteiger partial charge in [0.15, 0.2) is 0 Å². The van der Waals surface area contributed by atoms with Crippen LogP contribution in [0.4, 0.5) is 0 Å². The molecule has 0 amide bonds. The van der Waals surface area contributed by atoms with E-state index < -0.39 is 0 Å². The zero-order chi connectivity index (χ0) is 10.1. The van der Waals surface area contributed by atoms with Crippen LogP contribution in [-0.4, -0.2) is 9.78 Å². The first-order chi connectivity index (χ1) is 6.68. The summed E-state index contributed by atoms with van der Waals surface area (Å²) in [4.78, 5) is 0. The third-order valence-corrected chi connectivity index (χ3v) is 2.66. The Morgan fingerprint density at radius 2 is 2.00 bits per heavy atom. The van der Waals surface area contributed by atoms with E-state index in [2.05, 4.69) is 5.10 Å². The summed E-state index contributed by atoms with van der Waals surface area (Å²) in [7, 11) is 0. The van der Waals surface area contributed by atoms with Gasteiger partial charge in [-0.2, -0.15) is 0 Å². The van der Waals surface area contributed by atoms with Crippen LogP contribution < -0.4 is 0 Å². The lowest BCUT2D eigenvalue weighted by molar-refractivity contribution is 0.869. The van der Waals surface area contributed by atoms with E-state index >= 15 is 0 Å². The Bertz CT molecular complexity index is 516. The molecule has 14 heavy (non-hydrogen) atoms. The van der Waals surface area contributed by atoms with Crippen molar-refractivity contribution in [3.8, 4) is 5.69 Å². The van der Waals surface area contributed by atoms with Gasteiger partial charge >= 0.3 is 0 Å². The molecule has 0 aliphatic carbocycles. The van der Waals surface area contributed by atoms with Crippen molar-refractivity contribution in [1.82, 2.24) is 9.78 Å². The quantitative estimate of drug-likeness (QED) is 0.757. The minimum atomic E-state index is 0.566. The van der Waals surface area contributed by atoms with Crippen molar-refractivity contribution >= 4 is 35.4 Å². The lowest BCUT2D eigenvalue weighted by Gasteiger charge is -2.05. The minimum Gasteiger partial charge on any atom is -0.300 e. The van der Waals surface area contributed by atoms with Gasteiger partial charge in [-0.25, -0.2) is 4.68 Å². The standard InChI is InChI=1S/C9H6Cl2N2S/c10-6-1-2-8(7(11)5-6)13-9(14)3-4-12-13/h1-5,12H. The molecule has 0 saturated carbocycles. The van der Waals surface area contributed by atoms with Crippen LogP contribution in [-0.2, 0) is 0 Å². The Morgan fingerprint density at radius 3 is 2.57 bits per heavy atom. The largest absolute Gasteiger partial charge is 0.300 e. The lowest BCUT2D eigenvalue weighted by atomic mass is 10.3. The van der Waals surface area contributed by atoms with Crippen LogP contribution in [0.25, 0.3) is 5.69 Å². The van der Waals surface area contributed by atoms with Gasteiger partial charge in [-0.05, 0) is 24.3 Å². The Kier molecular flexibility index (Phi) is 2.63. The van der Waals surface area contributed by atoms with Crippen molar-refractivity contribution in [2.24, 2.45) is 0 Å². The number of hydrogen-bond donors (Lipinski definition) is 1. The van der Waals surface area contributed by atoms with Crippen molar-refractivity contribution in [2.75, 3.05) is 0 Å². The van der Waals surface area contributed by atoms with E-state index in [1.807, 2.05) is 6.07 Å². The summed E-state index contributed by atoms with van der Waals surface area (Å²) >= 11 is 16.9. The van der Waals surface area contributed by atoms with Crippen molar-refractivity contribution in [3.63, 3.8) is 0 Å². The van der Waals surface area contributed by atoms with Gasteiger partial charge in [-0.15, -0.1) is 0 Å². The number of benzene rings is 1. The fourth-order valence-electron chi connectivity index (χ4n) is 1.17. The van der Waals surface area contributed by atoms with Crippen LogP contribution in [0.3, 0.4) is 0 Å². The third kappa shape index (κ3) is 1.71. The van der Waals surface area contributed by atoms with E-state index in [0.29, 0.717) is 14.7 Å². The molecule has 0 saturated heterocycles. The molecule has 0 bridgehead atoms. The smallest absolute Gasteiger partial charge is 0.127 e. The van der Waals surface area contributed by atoms with E-state index in [0.717, 1.165) is 5.69 Å². The zero-order valence-corrected chi connectivity index (χ0v) is 9.33. The molecule has 0 aliphatic heterocycles. The summed E-state index contributed by atoms with van der Waals surface area (Å²) in [6.07, 6.45) is 1.76. The molecule has 2 nitrogen and oxygen atoms in total. The van der Waals surface area contributed by atoms with Gasteiger partial charge in [0, 0.05) is 11.2 Å². The van der Waals surface area contributed by atoms with Gasteiger partial charge in [0.1, 0.15) is 4.64 Å². The number of aromatic amines is 1. The van der Waals surface area contributed by atoms with E-state index in [1.165, 1.54) is 0 Å². The Balaban J connectivity index is 2.63. The van der Waals surface area contributed by atoms with Gasteiger partial charge in [0.2, 0.25) is 0 Å². The second-order valence-electron chi connectivity index (χ2n) is 2.73. The molecule has 0 fully saturated rings. The van der Waals surface area contributed by atoms with Gasteiger partial charge in [-0.1, -0.05) is 35.4 Å². The van der Waals surface area contributed by atoms with Crippen molar-refractivity contribution in [1.29, 1.82) is 0 Å². The summed E-state index contributed by atoms with van der Waals surface area (Å²) < 4.78 is 2.39. The summed E-state index contributed by atoms with van der Waals surface area (Å²) in [5, 5.41) is 4.14. The number of aromatic nitrogens is 2. The summed E-state index contributed by atoms with van der Waals surface area (Å²) in [6.45, 7) is 0. The zero-order valence-electron chi connectivity index (χ0n) is 7.00. The van der Waals surface area contributed by atoms with Crippen molar-refractivity contribution < 1.29 is 0 Å². The molecule has 72 valence electrons. The Labute approximate surface area is 96.1 Å². The Hall–Kier alpha value is -0.770. The molecule has 1 heterocycles. The Morgan fingerprint density at radius 1 is 1.21 bits per heavy atom. The molecule has 1 N–H and O–H groups in total. The van der Waals surface area contributed by atoms with Gasteiger partial charge in [0.25, 0.3) is 0 Å². The molecule has 0 aliphatic rings.